The summed E-state index contributed by atoms with van der Waals surface area (Å²) in [5.41, 5.74) is 1.87. The maximum Gasteiger partial charge on any atom is 0.420 e. The number of methoxy groups -OCH3 is 1. The molecule has 1 aromatic heterocycles. The Bertz CT molecular complexity index is 816. The van der Waals surface area contributed by atoms with Gasteiger partial charge in [-0.15, -0.1) is 0 Å². The number of phenols is 1. The van der Waals surface area contributed by atoms with Crippen LogP contribution in [0.3, 0.4) is 0 Å². The Morgan fingerprint density at radius 3 is 2.85 bits per heavy atom. The fourth-order valence-corrected chi connectivity index (χ4v) is 2.20. The largest absolute Gasteiger partial charge is 0.508 e. The number of phenolic OH excluding ortho intramolecular Hbond substituents is 1. The molecule has 0 bridgehead atoms. The van der Waals surface area contributed by atoms with Gasteiger partial charge in [0.1, 0.15) is 11.5 Å². The zero-order chi connectivity index (χ0) is 14.1. The smallest absolute Gasteiger partial charge is 0.420 e. The second-order valence-corrected chi connectivity index (χ2v) is 4.42. The minimum atomic E-state index is -0.462. The third-order valence-corrected chi connectivity index (χ3v) is 3.17. The molecule has 0 aliphatic rings. The molecule has 102 valence electrons. The molecule has 0 spiro atoms. The minimum absolute atomic E-state index is 0.0899. The highest BCUT2D eigenvalue weighted by molar-refractivity contribution is 5.74. The first-order valence-electron chi connectivity index (χ1n) is 6.13. The molecule has 0 saturated heterocycles. The summed E-state index contributed by atoms with van der Waals surface area (Å²) in [6.45, 7) is 0.319. The second-order valence-electron chi connectivity index (χ2n) is 4.42. The number of benzene rings is 2. The van der Waals surface area contributed by atoms with E-state index in [0.717, 1.165) is 5.56 Å². The van der Waals surface area contributed by atoms with Gasteiger partial charge < -0.3 is 14.3 Å². The first-order chi connectivity index (χ1) is 9.69. The van der Waals surface area contributed by atoms with E-state index in [4.69, 9.17) is 9.15 Å². The first-order valence-corrected chi connectivity index (χ1v) is 6.13. The van der Waals surface area contributed by atoms with Crippen LogP contribution in [0, 0.1) is 0 Å². The number of para-hydroxylation sites is 1. The summed E-state index contributed by atoms with van der Waals surface area (Å²) in [6, 6.07) is 12.0. The van der Waals surface area contributed by atoms with E-state index in [0.29, 0.717) is 23.4 Å². The van der Waals surface area contributed by atoms with Crippen LogP contribution >= 0.6 is 0 Å². The molecule has 2 aromatic carbocycles. The lowest BCUT2D eigenvalue weighted by Crippen LogP contribution is -2.15. The van der Waals surface area contributed by atoms with Crippen LogP contribution in [0.5, 0.6) is 11.5 Å². The molecule has 0 atom stereocenters. The summed E-state index contributed by atoms with van der Waals surface area (Å²) < 4.78 is 11.9. The molecule has 1 N–H and O–H groups in total. The molecule has 0 aliphatic heterocycles. The van der Waals surface area contributed by atoms with Crippen LogP contribution in [0.1, 0.15) is 5.56 Å². The van der Waals surface area contributed by atoms with Crippen LogP contribution in [0.2, 0.25) is 0 Å². The topological polar surface area (TPSA) is 64.6 Å². The van der Waals surface area contributed by atoms with E-state index in [-0.39, 0.29) is 5.75 Å². The Kier molecular flexibility index (Phi) is 2.95. The van der Waals surface area contributed by atoms with Gasteiger partial charge in [-0.3, -0.25) is 4.57 Å². The Hall–Kier alpha value is -2.69. The number of rotatable bonds is 3. The lowest BCUT2D eigenvalue weighted by Gasteiger charge is -2.08. The quantitative estimate of drug-likeness (QED) is 0.794. The van der Waals surface area contributed by atoms with Crippen LogP contribution in [-0.2, 0) is 6.54 Å². The molecule has 3 rings (SSSR count). The summed E-state index contributed by atoms with van der Waals surface area (Å²) in [5.74, 6) is 0.331. The van der Waals surface area contributed by atoms with Gasteiger partial charge in [-0.25, -0.2) is 4.79 Å². The van der Waals surface area contributed by atoms with Crippen molar-refractivity contribution in [1.82, 2.24) is 4.57 Å². The van der Waals surface area contributed by atoms with Crippen LogP contribution in [0.4, 0.5) is 0 Å². The third-order valence-electron chi connectivity index (χ3n) is 3.17. The minimum Gasteiger partial charge on any atom is -0.508 e. The van der Waals surface area contributed by atoms with Gasteiger partial charge in [0, 0.05) is 11.6 Å². The zero-order valence-electron chi connectivity index (χ0n) is 10.9. The van der Waals surface area contributed by atoms with E-state index in [1.165, 1.54) is 16.7 Å². The van der Waals surface area contributed by atoms with Gasteiger partial charge in [-0.1, -0.05) is 18.2 Å². The van der Waals surface area contributed by atoms with E-state index in [2.05, 4.69) is 0 Å². The van der Waals surface area contributed by atoms with Crippen molar-refractivity contribution in [3.63, 3.8) is 0 Å². The standard InChI is InChI=1S/C15H13NO4/c1-19-13-5-3-2-4-10(13)9-16-12-8-11(17)6-7-14(12)20-15(16)18/h2-8,17H,9H2,1H3. The van der Waals surface area contributed by atoms with E-state index in [1.54, 1.807) is 13.2 Å². The maximum atomic E-state index is 11.9. The predicted molar refractivity (Wildman–Crippen MR) is 74.2 cm³/mol. The van der Waals surface area contributed by atoms with Crippen LogP contribution in [-0.4, -0.2) is 16.8 Å². The normalized spacial score (nSPS) is 10.8. The summed E-state index contributed by atoms with van der Waals surface area (Å²) in [6.07, 6.45) is 0. The molecule has 0 amide bonds. The lowest BCUT2D eigenvalue weighted by atomic mass is 10.2. The van der Waals surface area contributed by atoms with Crippen molar-refractivity contribution in [2.75, 3.05) is 7.11 Å². The lowest BCUT2D eigenvalue weighted by molar-refractivity contribution is 0.407. The Balaban J connectivity index is 2.13. The molecule has 20 heavy (non-hydrogen) atoms. The average Bonchev–Trinajstić information content (AvgIpc) is 2.76. The van der Waals surface area contributed by atoms with Gasteiger partial charge in [0.25, 0.3) is 0 Å². The summed E-state index contributed by atoms with van der Waals surface area (Å²) >= 11 is 0. The summed E-state index contributed by atoms with van der Waals surface area (Å²) in [5, 5.41) is 9.55. The fraction of sp³-hybridized carbons (Fsp3) is 0.133. The van der Waals surface area contributed by atoms with Crippen molar-refractivity contribution >= 4 is 11.1 Å². The molecule has 0 saturated carbocycles. The molecule has 5 heteroatoms. The van der Waals surface area contributed by atoms with Crippen molar-refractivity contribution in [1.29, 1.82) is 0 Å². The van der Waals surface area contributed by atoms with Crippen molar-refractivity contribution < 1.29 is 14.3 Å². The van der Waals surface area contributed by atoms with E-state index < -0.39 is 5.76 Å². The van der Waals surface area contributed by atoms with Crippen LogP contribution < -0.4 is 10.5 Å². The van der Waals surface area contributed by atoms with E-state index in [1.807, 2.05) is 24.3 Å². The van der Waals surface area contributed by atoms with Gasteiger partial charge >= 0.3 is 5.76 Å². The van der Waals surface area contributed by atoms with Crippen molar-refractivity contribution in [2.24, 2.45) is 0 Å². The molecular weight excluding hydrogens is 258 g/mol. The number of aromatic nitrogens is 1. The van der Waals surface area contributed by atoms with E-state index >= 15 is 0 Å². The fourth-order valence-electron chi connectivity index (χ4n) is 2.20. The van der Waals surface area contributed by atoms with Crippen molar-refractivity contribution in [3.8, 4) is 11.5 Å². The molecule has 0 unspecified atom stereocenters. The predicted octanol–water partition coefficient (Wildman–Crippen LogP) is 2.36. The number of nitrogens with zero attached hydrogens (tertiary/aromatic N) is 1. The Labute approximate surface area is 114 Å². The molecule has 0 fully saturated rings. The van der Waals surface area contributed by atoms with E-state index in [9.17, 15) is 9.90 Å². The SMILES string of the molecule is COc1ccccc1Cn1c(=O)oc2ccc(O)cc21. The number of fused-ring (bicyclic) bond motifs is 1. The Morgan fingerprint density at radius 1 is 1.25 bits per heavy atom. The van der Waals surface area contributed by atoms with Gasteiger partial charge in [0.05, 0.1) is 19.2 Å². The zero-order valence-corrected chi connectivity index (χ0v) is 10.9. The molecule has 1 heterocycles. The number of aromatic hydroxyl groups is 1. The van der Waals surface area contributed by atoms with Gasteiger partial charge in [0.15, 0.2) is 5.58 Å². The highest BCUT2D eigenvalue weighted by atomic mass is 16.5. The summed E-state index contributed by atoms with van der Waals surface area (Å²) in [4.78, 5) is 11.9. The van der Waals surface area contributed by atoms with Gasteiger partial charge in [-0.05, 0) is 18.2 Å². The summed E-state index contributed by atoms with van der Waals surface area (Å²) in [7, 11) is 1.58. The van der Waals surface area contributed by atoms with Gasteiger partial charge in [0.2, 0.25) is 0 Å². The molecule has 0 aliphatic carbocycles. The number of ether oxygens (including phenoxy) is 1. The van der Waals surface area contributed by atoms with Crippen molar-refractivity contribution in [3.05, 3.63) is 58.6 Å². The maximum absolute atomic E-state index is 11.9. The monoisotopic (exact) mass is 271 g/mol. The van der Waals surface area contributed by atoms with Crippen LogP contribution in [0.25, 0.3) is 11.1 Å². The molecule has 3 aromatic rings. The Morgan fingerprint density at radius 2 is 2.05 bits per heavy atom. The third kappa shape index (κ3) is 2.03. The molecular formula is C15H13NO4. The molecule has 0 radical (unpaired) electrons. The number of oxazole rings is 1. The average molecular weight is 271 g/mol. The van der Waals surface area contributed by atoms with Crippen molar-refractivity contribution in [2.45, 2.75) is 6.54 Å². The number of hydrogen-bond donors (Lipinski definition) is 1. The first kappa shape index (κ1) is 12.3. The molecule has 5 nitrogen and oxygen atoms in total. The van der Waals surface area contributed by atoms with Gasteiger partial charge in [-0.2, -0.15) is 0 Å². The number of hydrogen-bond acceptors (Lipinski definition) is 4. The second kappa shape index (κ2) is 4.77. The van der Waals surface area contributed by atoms with Crippen LogP contribution in [0.15, 0.2) is 51.7 Å². The highest BCUT2D eigenvalue weighted by Gasteiger charge is 2.12. The highest BCUT2D eigenvalue weighted by Crippen LogP contribution is 2.22.